The Morgan fingerprint density at radius 1 is 1.16 bits per heavy atom. The molecule has 2 rings (SSSR count). The highest BCUT2D eigenvalue weighted by Crippen LogP contribution is 2.15. The molecule has 0 amide bonds. The van der Waals surface area contributed by atoms with Gasteiger partial charge in [-0.2, -0.15) is 0 Å². The minimum atomic E-state index is -0.796. The van der Waals surface area contributed by atoms with E-state index in [-0.39, 0.29) is 5.92 Å². The van der Waals surface area contributed by atoms with Crippen molar-refractivity contribution in [1.29, 1.82) is 0 Å². The van der Waals surface area contributed by atoms with Crippen molar-refractivity contribution in [3.63, 3.8) is 0 Å². The van der Waals surface area contributed by atoms with Gasteiger partial charge in [0.05, 0.1) is 0 Å². The molecule has 2 aromatic rings. The molecular formula is C16H19NO2. The standard InChI is InChI=1S/C16H19NO2/c1-11(2)15(16(18)19)17-10-12-7-8-13-5-3-4-6-14(13)9-12/h3-9,11,15,17H,10H2,1-2H3,(H,18,19)/t15-/m1/s1. The third-order valence-corrected chi connectivity index (χ3v) is 3.27. The minimum absolute atomic E-state index is 0.0676. The number of carboxylic acids is 1. The normalized spacial score (nSPS) is 12.8. The van der Waals surface area contributed by atoms with Crippen LogP contribution in [0.1, 0.15) is 19.4 Å². The minimum Gasteiger partial charge on any atom is -0.480 e. The van der Waals surface area contributed by atoms with Crippen LogP contribution in [-0.4, -0.2) is 17.1 Å². The second-order valence-electron chi connectivity index (χ2n) is 5.12. The van der Waals surface area contributed by atoms with Gasteiger partial charge in [0.15, 0.2) is 0 Å². The molecule has 0 saturated carbocycles. The number of carbonyl (C=O) groups is 1. The molecule has 0 heterocycles. The van der Waals surface area contributed by atoms with Gasteiger partial charge in [0, 0.05) is 6.54 Å². The summed E-state index contributed by atoms with van der Waals surface area (Å²) in [4.78, 5) is 11.1. The maximum Gasteiger partial charge on any atom is 0.320 e. The van der Waals surface area contributed by atoms with Crippen LogP contribution in [0.4, 0.5) is 0 Å². The molecular weight excluding hydrogens is 238 g/mol. The summed E-state index contributed by atoms with van der Waals surface area (Å²) >= 11 is 0. The van der Waals surface area contributed by atoms with Gasteiger partial charge in [0.25, 0.3) is 0 Å². The topological polar surface area (TPSA) is 49.3 Å². The molecule has 0 aliphatic heterocycles. The van der Waals surface area contributed by atoms with Gasteiger partial charge in [-0.15, -0.1) is 0 Å². The van der Waals surface area contributed by atoms with Crippen LogP contribution >= 0.6 is 0 Å². The molecule has 0 unspecified atom stereocenters. The smallest absolute Gasteiger partial charge is 0.320 e. The van der Waals surface area contributed by atoms with E-state index in [0.717, 1.165) is 5.56 Å². The molecule has 1 atom stereocenters. The second-order valence-corrected chi connectivity index (χ2v) is 5.12. The fourth-order valence-electron chi connectivity index (χ4n) is 2.18. The zero-order chi connectivity index (χ0) is 13.8. The van der Waals surface area contributed by atoms with Crippen molar-refractivity contribution < 1.29 is 9.90 Å². The molecule has 0 aromatic heterocycles. The van der Waals surface area contributed by atoms with Gasteiger partial charge < -0.3 is 10.4 Å². The molecule has 3 nitrogen and oxygen atoms in total. The Morgan fingerprint density at radius 3 is 2.47 bits per heavy atom. The zero-order valence-electron chi connectivity index (χ0n) is 11.3. The highest BCUT2D eigenvalue weighted by Gasteiger charge is 2.20. The summed E-state index contributed by atoms with van der Waals surface area (Å²) in [7, 11) is 0. The summed E-state index contributed by atoms with van der Waals surface area (Å²) in [6, 6.07) is 13.9. The average molecular weight is 257 g/mol. The Balaban J connectivity index is 2.11. The van der Waals surface area contributed by atoms with E-state index in [1.807, 2.05) is 32.0 Å². The van der Waals surface area contributed by atoms with Crippen molar-refractivity contribution in [2.24, 2.45) is 5.92 Å². The van der Waals surface area contributed by atoms with Crippen LogP contribution < -0.4 is 5.32 Å². The maximum absolute atomic E-state index is 11.1. The summed E-state index contributed by atoms with van der Waals surface area (Å²) in [6.07, 6.45) is 0. The number of benzene rings is 2. The zero-order valence-corrected chi connectivity index (χ0v) is 11.3. The first-order valence-corrected chi connectivity index (χ1v) is 6.52. The van der Waals surface area contributed by atoms with E-state index in [9.17, 15) is 4.79 Å². The molecule has 0 bridgehead atoms. The number of fused-ring (bicyclic) bond motifs is 1. The van der Waals surface area contributed by atoms with Crippen LogP contribution in [-0.2, 0) is 11.3 Å². The molecule has 0 spiro atoms. The van der Waals surface area contributed by atoms with Gasteiger partial charge in [0.1, 0.15) is 6.04 Å². The summed E-state index contributed by atoms with van der Waals surface area (Å²) in [5.74, 6) is -0.728. The van der Waals surface area contributed by atoms with E-state index >= 15 is 0 Å². The number of carboxylic acid groups (broad SMARTS) is 1. The first-order valence-electron chi connectivity index (χ1n) is 6.52. The van der Waals surface area contributed by atoms with Crippen molar-refractivity contribution in [3.05, 3.63) is 48.0 Å². The average Bonchev–Trinajstić information content (AvgIpc) is 2.38. The van der Waals surface area contributed by atoms with Crippen molar-refractivity contribution in [1.82, 2.24) is 5.32 Å². The maximum atomic E-state index is 11.1. The highest BCUT2D eigenvalue weighted by atomic mass is 16.4. The predicted molar refractivity (Wildman–Crippen MR) is 77.0 cm³/mol. The van der Waals surface area contributed by atoms with Crippen molar-refractivity contribution >= 4 is 16.7 Å². The molecule has 19 heavy (non-hydrogen) atoms. The number of rotatable bonds is 5. The fraction of sp³-hybridized carbons (Fsp3) is 0.312. The number of hydrogen-bond donors (Lipinski definition) is 2. The SMILES string of the molecule is CC(C)[C@@H](NCc1ccc2ccccc2c1)C(=O)O. The van der Waals surface area contributed by atoms with Crippen LogP contribution in [0.2, 0.25) is 0 Å². The van der Waals surface area contributed by atoms with E-state index in [1.54, 1.807) is 0 Å². The van der Waals surface area contributed by atoms with E-state index in [0.29, 0.717) is 6.54 Å². The monoisotopic (exact) mass is 257 g/mol. The van der Waals surface area contributed by atoms with Crippen LogP contribution in [0.15, 0.2) is 42.5 Å². The highest BCUT2D eigenvalue weighted by molar-refractivity contribution is 5.83. The van der Waals surface area contributed by atoms with Gasteiger partial charge in [-0.3, -0.25) is 4.79 Å². The second kappa shape index (κ2) is 5.85. The molecule has 0 saturated heterocycles. The molecule has 100 valence electrons. The predicted octanol–water partition coefficient (Wildman–Crippen LogP) is 3.04. The first-order chi connectivity index (χ1) is 9.08. The third-order valence-electron chi connectivity index (χ3n) is 3.27. The molecule has 0 fully saturated rings. The molecule has 2 aromatic carbocycles. The van der Waals surface area contributed by atoms with E-state index < -0.39 is 12.0 Å². The summed E-state index contributed by atoms with van der Waals surface area (Å²) in [6.45, 7) is 4.39. The summed E-state index contributed by atoms with van der Waals surface area (Å²) < 4.78 is 0. The lowest BCUT2D eigenvalue weighted by atomic mass is 10.0. The van der Waals surface area contributed by atoms with Gasteiger partial charge in [-0.05, 0) is 28.3 Å². The van der Waals surface area contributed by atoms with Crippen molar-refractivity contribution in [2.75, 3.05) is 0 Å². The molecule has 0 aliphatic carbocycles. The number of nitrogens with one attached hydrogen (secondary N) is 1. The van der Waals surface area contributed by atoms with Gasteiger partial charge in [-0.25, -0.2) is 0 Å². The molecule has 3 heteroatoms. The van der Waals surface area contributed by atoms with Crippen LogP contribution in [0.25, 0.3) is 10.8 Å². The van der Waals surface area contributed by atoms with E-state index in [2.05, 4.69) is 29.6 Å². The van der Waals surface area contributed by atoms with Gasteiger partial charge in [-0.1, -0.05) is 50.2 Å². The Morgan fingerprint density at radius 2 is 1.84 bits per heavy atom. The van der Waals surface area contributed by atoms with Crippen LogP contribution in [0.3, 0.4) is 0 Å². The Hall–Kier alpha value is -1.87. The lowest BCUT2D eigenvalue weighted by molar-refractivity contribution is -0.140. The fourth-order valence-corrected chi connectivity index (χ4v) is 2.18. The largest absolute Gasteiger partial charge is 0.480 e. The summed E-state index contributed by atoms with van der Waals surface area (Å²) in [5, 5.41) is 14.6. The first kappa shape index (κ1) is 13.6. The number of aliphatic carboxylic acids is 1. The van der Waals surface area contributed by atoms with Gasteiger partial charge in [0.2, 0.25) is 0 Å². The molecule has 2 N–H and O–H groups in total. The van der Waals surface area contributed by atoms with E-state index in [1.165, 1.54) is 10.8 Å². The van der Waals surface area contributed by atoms with E-state index in [4.69, 9.17) is 5.11 Å². The van der Waals surface area contributed by atoms with Crippen molar-refractivity contribution in [2.45, 2.75) is 26.4 Å². The van der Waals surface area contributed by atoms with Crippen molar-refractivity contribution in [3.8, 4) is 0 Å². The molecule has 0 radical (unpaired) electrons. The van der Waals surface area contributed by atoms with Gasteiger partial charge >= 0.3 is 5.97 Å². The third kappa shape index (κ3) is 3.32. The summed E-state index contributed by atoms with van der Waals surface area (Å²) in [5.41, 5.74) is 1.10. The lowest BCUT2D eigenvalue weighted by Gasteiger charge is -2.18. The molecule has 0 aliphatic rings. The number of hydrogen-bond acceptors (Lipinski definition) is 2. The Kier molecular flexibility index (Phi) is 4.17. The van der Waals surface area contributed by atoms with Crippen LogP contribution in [0, 0.1) is 5.92 Å². The quantitative estimate of drug-likeness (QED) is 0.865. The van der Waals surface area contributed by atoms with Crippen LogP contribution in [0.5, 0.6) is 0 Å². The Labute approximate surface area is 113 Å². The lowest BCUT2D eigenvalue weighted by Crippen LogP contribution is -2.40. The Bertz CT molecular complexity index is 578.